The van der Waals surface area contributed by atoms with Crippen LogP contribution in [0.25, 0.3) is 11.0 Å². The quantitative estimate of drug-likeness (QED) is 0.649. The second-order valence-corrected chi connectivity index (χ2v) is 7.17. The summed E-state index contributed by atoms with van der Waals surface area (Å²) < 4.78 is 10.5. The maximum absolute atomic E-state index is 6.07. The first kappa shape index (κ1) is 17.2. The normalized spacial score (nSPS) is 19.3. The molecule has 0 atom stereocenters. The van der Waals surface area contributed by atoms with Crippen molar-refractivity contribution in [1.82, 2.24) is 10.5 Å². The number of hydrogen-bond acceptors (Lipinski definition) is 5. The van der Waals surface area contributed by atoms with Gasteiger partial charge in [0.05, 0.1) is 12.5 Å². The Hall–Kier alpha value is -2.24. The maximum atomic E-state index is 6.07. The molecule has 1 aliphatic rings. The minimum absolute atomic E-state index is 0.417. The van der Waals surface area contributed by atoms with Crippen LogP contribution in [0, 0.1) is 0 Å². The number of aromatic nitrogens is 1. The van der Waals surface area contributed by atoms with Crippen LogP contribution in [0.15, 0.2) is 47.0 Å². The first-order chi connectivity index (χ1) is 12.7. The zero-order valence-corrected chi connectivity index (χ0v) is 15.4. The number of hydrogen-bond donors (Lipinski definition) is 2. The van der Waals surface area contributed by atoms with Crippen LogP contribution >= 0.6 is 11.6 Å². The van der Waals surface area contributed by atoms with E-state index in [1.54, 1.807) is 7.11 Å². The van der Waals surface area contributed by atoms with E-state index in [2.05, 4.69) is 27.9 Å². The van der Waals surface area contributed by atoms with E-state index in [0.29, 0.717) is 17.1 Å². The summed E-state index contributed by atoms with van der Waals surface area (Å²) in [4.78, 5) is 0. The van der Waals surface area contributed by atoms with Gasteiger partial charge in [-0.1, -0.05) is 28.9 Å². The summed E-state index contributed by atoms with van der Waals surface area (Å²) in [6.45, 7) is 0.978. The van der Waals surface area contributed by atoms with Crippen molar-refractivity contribution in [2.45, 2.75) is 31.3 Å². The molecule has 0 aliphatic heterocycles. The van der Waals surface area contributed by atoms with E-state index in [4.69, 9.17) is 20.9 Å². The molecule has 2 aromatic carbocycles. The largest absolute Gasteiger partial charge is 0.497 e. The second-order valence-electron chi connectivity index (χ2n) is 6.73. The predicted octanol–water partition coefficient (Wildman–Crippen LogP) is 4.27. The third-order valence-electron chi connectivity index (χ3n) is 4.92. The first-order valence-electron chi connectivity index (χ1n) is 8.89. The van der Waals surface area contributed by atoms with Gasteiger partial charge in [0.25, 0.3) is 0 Å². The molecule has 26 heavy (non-hydrogen) atoms. The fraction of sp³-hybridized carbons (Fsp3) is 0.350. The van der Waals surface area contributed by atoms with Crippen molar-refractivity contribution < 1.29 is 9.26 Å². The molecule has 1 fully saturated rings. The van der Waals surface area contributed by atoms with Crippen molar-refractivity contribution in [1.29, 1.82) is 0 Å². The average Bonchev–Trinajstić information content (AvgIpc) is 3.02. The van der Waals surface area contributed by atoms with Crippen LogP contribution < -0.4 is 15.4 Å². The SMILES string of the molecule is COc1ccc(CCN[C@H]2C[C@H](Nc3noc4ccc(Cl)cc34)C2)cc1. The predicted molar refractivity (Wildman–Crippen MR) is 104 cm³/mol. The Morgan fingerprint density at radius 3 is 2.73 bits per heavy atom. The monoisotopic (exact) mass is 371 g/mol. The number of rotatable bonds is 7. The van der Waals surface area contributed by atoms with Gasteiger partial charge >= 0.3 is 0 Å². The summed E-state index contributed by atoms with van der Waals surface area (Å²) in [6, 6.07) is 14.8. The lowest BCUT2D eigenvalue weighted by Crippen LogP contribution is -2.48. The number of methoxy groups -OCH3 is 1. The van der Waals surface area contributed by atoms with Crippen LogP contribution in [0.5, 0.6) is 5.75 Å². The molecule has 136 valence electrons. The molecule has 0 spiro atoms. The molecule has 3 aromatic rings. The Bertz CT molecular complexity index is 872. The van der Waals surface area contributed by atoms with Gasteiger partial charge in [-0.15, -0.1) is 0 Å². The van der Waals surface area contributed by atoms with E-state index in [-0.39, 0.29) is 0 Å². The summed E-state index contributed by atoms with van der Waals surface area (Å²) in [5.74, 6) is 1.68. The fourth-order valence-electron chi connectivity index (χ4n) is 3.32. The van der Waals surface area contributed by atoms with Gasteiger partial charge in [-0.2, -0.15) is 0 Å². The summed E-state index contributed by atoms with van der Waals surface area (Å²) in [6.07, 6.45) is 3.18. The van der Waals surface area contributed by atoms with Crippen LogP contribution in [0.1, 0.15) is 18.4 Å². The van der Waals surface area contributed by atoms with Gasteiger partial charge in [-0.05, 0) is 61.7 Å². The molecular formula is C20H22ClN3O2. The van der Waals surface area contributed by atoms with E-state index < -0.39 is 0 Å². The summed E-state index contributed by atoms with van der Waals surface area (Å²) in [5.41, 5.74) is 2.07. The standard InChI is InChI=1S/C20H22ClN3O2/c1-25-17-5-2-13(3-6-17)8-9-22-15-11-16(12-15)23-20-18-10-14(21)4-7-19(18)26-24-20/h2-7,10,15-16,22H,8-9,11-12H2,1H3,(H,23,24)/t15-,16-. The van der Waals surface area contributed by atoms with Crippen LogP contribution in [0.3, 0.4) is 0 Å². The van der Waals surface area contributed by atoms with E-state index in [0.717, 1.165) is 48.3 Å². The maximum Gasteiger partial charge on any atom is 0.177 e. The van der Waals surface area contributed by atoms with Crippen molar-refractivity contribution in [3.8, 4) is 5.75 Å². The Balaban J connectivity index is 1.22. The van der Waals surface area contributed by atoms with E-state index in [1.807, 2.05) is 30.3 Å². The zero-order chi connectivity index (χ0) is 17.9. The number of fused-ring (bicyclic) bond motifs is 1. The van der Waals surface area contributed by atoms with Crippen LogP contribution in [-0.2, 0) is 6.42 Å². The first-order valence-corrected chi connectivity index (χ1v) is 9.27. The third-order valence-corrected chi connectivity index (χ3v) is 5.15. The Kier molecular flexibility index (Phi) is 5.00. The van der Waals surface area contributed by atoms with Gasteiger partial charge in [0, 0.05) is 17.1 Å². The van der Waals surface area contributed by atoms with Crippen LogP contribution in [0.4, 0.5) is 5.82 Å². The van der Waals surface area contributed by atoms with Gasteiger partial charge < -0.3 is 19.9 Å². The molecular weight excluding hydrogens is 350 g/mol. The van der Waals surface area contributed by atoms with Gasteiger partial charge in [0.15, 0.2) is 11.4 Å². The fourth-order valence-corrected chi connectivity index (χ4v) is 3.50. The van der Waals surface area contributed by atoms with Gasteiger partial charge in [-0.3, -0.25) is 0 Å². The number of nitrogens with one attached hydrogen (secondary N) is 2. The van der Waals surface area contributed by atoms with Crippen molar-refractivity contribution in [2.24, 2.45) is 0 Å². The minimum Gasteiger partial charge on any atom is -0.497 e. The van der Waals surface area contributed by atoms with Crippen molar-refractivity contribution in [3.05, 3.63) is 53.1 Å². The summed E-state index contributed by atoms with van der Waals surface area (Å²) in [5, 5.41) is 12.8. The lowest BCUT2D eigenvalue weighted by Gasteiger charge is -2.36. The number of nitrogens with zero attached hydrogens (tertiary/aromatic N) is 1. The Morgan fingerprint density at radius 2 is 1.96 bits per heavy atom. The van der Waals surface area contributed by atoms with Crippen LogP contribution in [0.2, 0.25) is 5.02 Å². The molecule has 1 aromatic heterocycles. The van der Waals surface area contributed by atoms with Crippen molar-refractivity contribution >= 4 is 28.4 Å². The summed E-state index contributed by atoms with van der Waals surface area (Å²) in [7, 11) is 1.69. The van der Waals surface area contributed by atoms with Gasteiger partial charge in [-0.25, -0.2) is 0 Å². The molecule has 4 rings (SSSR count). The molecule has 1 heterocycles. The minimum atomic E-state index is 0.417. The molecule has 0 bridgehead atoms. The number of benzene rings is 2. The topological polar surface area (TPSA) is 59.3 Å². The van der Waals surface area contributed by atoms with Gasteiger partial charge in [0.2, 0.25) is 0 Å². The number of ether oxygens (including phenoxy) is 1. The van der Waals surface area contributed by atoms with Gasteiger partial charge in [0.1, 0.15) is 5.75 Å². The highest BCUT2D eigenvalue weighted by Gasteiger charge is 2.29. The molecule has 0 unspecified atom stereocenters. The summed E-state index contributed by atoms with van der Waals surface area (Å²) >= 11 is 6.07. The Labute approximate surface area is 157 Å². The lowest BCUT2D eigenvalue weighted by atomic mass is 9.86. The molecule has 0 radical (unpaired) electrons. The van der Waals surface area contributed by atoms with Crippen molar-refractivity contribution in [2.75, 3.05) is 19.0 Å². The molecule has 1 saturated carbocycles. The zero-order valence-electron chi connectivity index (χ0n) is 14.7. The lowest BCUT2D eigenvalue weighted by molar-refractivity contribution is 0.309. The van der Waals surface area contributed by atoms with E-state index >= 15 is 0 Å². The second kappa shape index (κ2) is 7.56. The Morgan fingerprint density at radius 1 is 1.15 bits per heavy atom. The molecule has 2 N–H and O–H groups in total. The molecule has 0 amide bonds. The van der Waals surface area contributed by atoms with Crippen LogP contribution in [-0.4, -0.2) is 30.9 Å². The highest BCUT2D eigenvalue weighted by atomic mass is 35.5. The molecule has 0 saturated heterocycles. The average molecular weight is 372 g/mol. The molecule has 5 nitrogen and oxygen atoms in total. The molecule has 6 heteroatoms. The van der Waals surface area contributed by atoms with Crippen molar-refractivity contribution in [3.63, 3.8) is 0 Å². The van der Waals surface area contributed by atoms with E-state index in [9.17, 15) is 0 Å². The number of anilines is 1. The smallest absolute Gasteiger partial charge is 0.177 e. The number of halogens is 1. The van der Waals surface area contributed by atoms with E-state index in [1.165, 1.54) is 5.56 Å². The highest BCUT2D eigenvalue weighted by Crippen LogP contribution is 2.30. The third kappa shape index (κ3) is 3.79. The molecule has 1 aliphatic carbocycles. The highest BCUT2D eigenvalue weighted by molar-refractivity contribution is 6.31.